The van der Waals surface area contributed by atoms with Gasteiger partial charge in [-0.1, -0.05) is 6.92 Å². The van der Waals surface area contributed by atoms with Gasteiger partial charge in [0.2, 0.25) is 0 Å². The Morgan fingerprint density at radius 3 is 2.57 bits per heavy atom. The van der Waals surface area contributed by atoms with Crippen molar-refractivity contribution >= 4 is 5.78 Å². The van der Waals surface area contributed by atoms with Gasteiger partial charge in [0.15, 0.2) is 12.3 Å². The highest BCUT2D eigenvalue weighted by Crippen LogP contribution is 1.71. The third kappa shape index (κ3) is 3.09. The molecule has 0 amide bonds. The molecule has 0 unspecified atom stereocenters. The van der Waals surface area contributed by atoms with Crippen molar-refractivity contribution in [2.45, 2.75) is 13.3 Å². The topological polar surface area (TPSA) is 53.3 Å². The number of hydrogen-bond acceptors (Lipinski definition) is 1. The molecule has 0 atom stereocenters. The number of carbonyl (C=O) groups excluding carboxylic acids is 1. The lowest BCUT2D eigenvalue weighted by molar-refractivity contribution is -0.467. The van der Waals surface area contributed by atoms with Crippen LogP contribution in [0.25, 0.3) is 5.53 Å². The Labute approximate surface area is 42.2 Å². The zero-order chi connectivity index (χ0) is 5.70. The molecule has 3 nitrogen and oxygen atoms in total. The zero-order valence-corrected chi connectivity index (χ0v) is 4.27. The summed E-state index contributed by atoms with van der Waals surface area (Å²) in [5.41, 5.74) is 7.90. The van der Waals surface area contributed by atoms with Crippen LogP contribution in [0.5, 0.6) is 0 Å². The summed E-state index contributed by atoms with van der Waals surface area (Å²) in [6.45, 7) is 1.82. The molecule has 0 radical (unpaired) electrons. The van der Waals surface area contributed by atoms with Crippen molar-refractivity contribution in [3.05, 3.63) is 5.53 Å². The van der Waals surface area contributed by atoms with Crippen LogP contribution >= 0.6 is 0 Å². The van der Waals surface area contributed by atoms with Crippen molar-refractivity contribution in [1.29, 1.82) is 0 Å². The molecule has 0 fully saturated rings. The monoisotopic (exact) mass is 100 g/mol. The standard InChI is InChI=1S/C4H8N2O/c1-2-4(7)3-6-5/h6H,2-3H2,1H3. The number of carbonyl (C=O) groups is 1. The van der Waals surface area contributed by atoms with Crippen LogP contribution in [-0.4, -0.2) is 12.3 Å². The molecule has 0 rings (SSSR count). The number of nitrogens with one attached hydrogen (secondary N) is 1. The second kappa shape index (κ2) is 3.46. The number of rotatable bonds is 3. The lowest BCUT2D eigenvalue weighted by atomic mass is 10.3. The first-order valence-corrected chi connectivity index (χ1v) is 2.20. The fourth-order valence-electron chi connectivity index (χ4n) is 0.213. The van der Waals surface area contributed by atoms with Gasteiger partial charge in [0.1, 0.15) is 0 Å². The Hall–Kier alpha value is -0.730. The normalized spacial score (nSPS) is 8.14. The molecule has 0 aliphatic heterocycles. The Morgan fingerprint density at radius 2 is 2.43 bits per heavy atom. The first kappa shape index (κ1) is 6.27. The second-order valence-electron chi connectivity index (χ2n) is 1.23. The van der Waals surface area contributed by atoms with Crippen LogP contribution < -0.4 is 5.11 Å². The number of ketones is 1. The minimum absolute atomic E-state index is 0.0162. The first-order valence-electron chi connectivity index (χ1n) is 2.20. The van der Waals surface area contributed by atoms with Gasteiger partial charge in [0.05, 0.1) is 0 Å². The smallest absolute Gasteiger partial charge is 0.195 e. The van der Waals surface area contributed by atoms with Crippen molar-refractivity contribution in [2.75, 3.05) is 6.54 Å². The molecule has 0 saturated heterocycles. The third-order valence-electron chi connectivity index (χ3n) is 0.671. The van der Waals surface area contributed by atoms with Gasteiger partial charge < -0.3 is 10.6 Å². The number of Topliss-reactive ketones (excluding diaryl/α,β-unsaturated/α-hetero) is 1. The van der Waals surface area contributed by atoms with E-state index in [1.807, 2.05) is 0 Å². The van der Waals surface area contributed by atoms with Crippen LogP contribution in [0.15, 0.2) is 0 Å². The number of nitrogens with zero attached hydrogens (tertiary/aromatic N) is 1. The molecule has 0 aromatic rings. The van der Waals surface area contributed by atoms with E-state index in [4.69, 9.17) is 5.53 Å². The zero-order valence-electron chi connectivity index (χ0n) is 4.27. The molecule has 0 aliphatic carbocycles. The summed E-state index contributed by atoms with van der Waals surface area (Å²) in [7, 11) is 0. The van der Waals surface area contributed by atoms with E-state index >= 15 is 0 Å². The van der Waals surface area contributed by atoms with E-state index in [1.165, 1.54) is 0 Å². The summed E-state index contributed by atoms with van der Waals surface area (Å²) in [6.07, 6.45) is 0.480. The molecule has 3 heteroatoms. The molecule has 0 bridgehead atoms. The van der Waals surface area contributed by atoms with Crippen LogP contribution in [0.4, 0.5) is 0 Å². The van der Waals surface area contributed by atoms with Crippen molar-refractivity contribution in [3.63, 3.8) is 0 Å². The van der Waals surface area contributed by atoms with Crippen molar-refractivity contribution in [1.82, 2.24) is 0 Å². The maximum atomic E-state index is 10.2. The van der Waals surface area contributed by atoms with Gasteiger partial charge >= 0.3 is 0 Å². The summed E-state index contributed by atoms with van der Waals surface area (Å²) in [4.78, 5) is 10.2. The molecule has 0 aliphatic rings. The molecule has 1 N–H and O–H groups in total. The Morgan fingerprint density at radius 1 is 1.86 bits per heavy atom. The van der Waals surface area contributed by atoms with Gasteiger partial charge in [-0.05, 0) is 0 Å². The first-order chi connectivity index (χ1) is 3.31. The quantitative estimate of drug-likeness (QED) is 0.457. The fraction of sp³-hybridized carbons (Fsp3) is 0.750. The van der Waals surface area contributed by atoms with Gasteiger partial charge in [0.25, 0.3) is 0 Å². The van der Waals surface area contributed by atoms with Gasteiger partial charge in [0, 0.05) is 6.42 Å². The predicted octanol–water partition coefficient (Wildman–Crippen LogP) is -0.932. The van der Waals surface area contributed by atoms with Crippen LogP contribution in [0.2, 0.25) is 0 Å². The van der Waals surface area contributed by atoms with E-state index in [0.717, 1.165) is 0 Å². The lowest BCUT2D eigenvalue weighted by Gasteiger charge is -1.82. The van der Waals surface area contributed by atoms with Crippen LogP contribution in [0.1, 0.15) is 13.3 Å². The van der Waals surface area contributed by atoms with E-state index in [9.17, 15) is 4.79 Å². The molecule has 0 aromatic carbocycles. The molecular weight excluding hydrogens is 92.1 g/mol. The van der Waals surface area contributed by atoms with Crippen LogP contribution in [-0.2, 0) is 4.79 Å². The molecule has 0 heterocycles. The molecule has 0 spiro atoms. The van der Waals surface area contributed by atoms with E-state index in [2.05, 4.69) is 0 Å². The minimum Gasteiger partial charge on any atom is -0.508 e. The average molecular weight is 100 g/mol. The van der Waals surface area contributed by atoms with Crippen molar-refractivity contribution in [2.24, 2.45) is 0 Å². The summed E-state index contributed by atoms with van der Waals surface area (Å²) in [5.74, 6) is 0.0162. The summed E-state index contributed by atoms with van der Waals surface area (Å²) >= 11 is 0. The van der Waals surface area contributed by atoms with Crippen LogP contribution in [0.3, 0.4) is 0 Å². The summed E-state index contributed by atoms with van der Waals surface area (Å²) in [6, 6.07) is 0. The van der Waals surface area contributed by atoms with Gasteiger partial charge in [-0.2, -0.15) is 0 Å². The molecule has 0 aromatic heterocycles. The average Bonchev–Trinajstić information content (AvgIpc) is 1.68. The predicted molar refractivity (Wildman–Crippen MR) is 24.5 cm³/mol. The third-order valence-corrected chi connectivity index (χ3v) is 0.671. The van der Waals surface area contributed by atoms with E-state index < -0.39 is 0 Å². The highest BCUT2D eigenvalue weighted by molar-refractivity contribution is 5.78. The fourth-order valence-corrected chi connectivity index (χ4v) is 0.213. The van der Waals surface area contributed by atoms with Gasteiger partial charge in [-0.25, -0.2) is 0 Å². The highest BCUT2D eigenvalue weighted by atomic mass is 16.1. The second-order valence-corrected chi connectivity index (χ2v) is 1.23. The summed E-state index contributed by atoms with van der Waals surface area (Å²) in [5, 5.41) is 1.77. The van der Waals surface area contributed by atoms with Gasteiger partial charge in [-0.3, -0.25) is 4.79 Å². The molecule has 0 saturated carbocycles. The molecular formula is C4H8N2O. The lowest BCUT2D eigenvalue weighted by Crippen LogP contribution is -2.65. The van der Waals surface area contributed by atoms with Crippen molar-refractivity contribution < 1.29 is 9.91 Å². The van der Waals surface area contributed by atoms with Crippen LogP contribution in [0, 0.1) is 0 Å². The Bertz CT molecular complexity index is 79.8. The maximum absolute atomic E-state index is 10.2. The Kier molecular flexibility index (Phi) is 3.10. The SMILES string of the molecule is CCC(=O)C[NH+]=[N-]. The largest absolute Gasteiger partial charge is 0.508 e. The van der Waals surface area contributed by atoms with E-state index in [0.29, 0.717) is 6.42 Å². The Balaban J connectivity index is 3.17. The molecule has 40 valence electrons. The van der Waals surface area contributed by atoms with E-state index in [1.54, 1.807) is 12.0 Å². The van der Waals surface area contributed by atoms with Crippen molar-refractivity contribution in [3.8, 4) is 0 Å². The van der Waals surface area contributed by atoms with E-state index in [-0.39, 0.29) is 12.3 Å². The minimum atomic E-state index is 0.0162. The number of hydrogen-bond donors (Lipinski definition) is 1. The maximum Gasteiger partial charge on any atom is 0.195 e. The summed E-state index contributed by atoms with van der Waals surface area (Å²) < 4.78 is 0. The molecule has 7 heavy (non-hydrogen) atoms. The van der Waals surface area contributed by atoms with Gasteiger partial charge in [-0.15, -0.1) is 0 Å². The highest BCUT2D eigenvalue weighted by Gasteiger charge is 1.93.